The molecule has 0 N–H and O–H groups in total. The molecular weight excluding hydrogens is 437 g/mol. The third kappa shape index (κ3) is 5.82. The molecule has 2 aromatic carbocycles. The van der Waals surface area contributed by atoms with Crippen molar-refractivity contribution in [1.29, 1.82) is 0 Å². The van der Waals surface area contributed by atoms with E-state index in [1.165, 1.54) is 0 Å². The molecule has 0 atom stereocenters. The Kier molecular flexibility index (Phi) is 9.31. The number of hydrogen-bond acceptors (Lipinski definition) is 4. The second-order valence-electron chi connectivity index (χ2n) is 6.79. The van der Waals surface area contributed by atoms with Gasteiger partial charge in [-0.2, -0.15) is 0 Å². The molecular formula is C23H27Cl2N3OS. The maximum Gasteiger partial charge on any atom is 0.252 e. The number of anilines is 1. The molecule has 0 radical (unpaired) electrons. The van der Waals surface area contributed by atoms with Gasteiger partial charge in [0, 0.05) is 24.2 Å². The Morgan fingerprint density at radius 3 is 2.50 bits per heavy atom. The summed E-state index contributed by atoms with van der Waals surface area (Å²) >= 11 is 7.78. The standard InChI is InChI=1S/C23H26ClN3OS.ClH/c1-4-26(5-2)15-16-27(21(28)14-13-18-10-6-7-11-19(18)24)23-25-22-17(3)9-8-12-20(22)29-23;/h6-14H,4-5,15-16H2,1-3H3;1H. The summed E-state index contributed by atoms with van der Waals surface area (Å²) in [5.41, 5.74) is 2.90. The lowest BCUT2D eigenvalue weighted by molar-refractivity contribution is -0.114. The smallest absolute Gasteiger partial charge is 0.252 e. The predicted octanol–water partition coefficient (Wildman–Crippen LogP) is 6.07. The highest BCUT2D eigenvalue weighted by Gasteiger charge is 2.19. The van der Waals surface area contributed by atoms with Crippen LogP contribution in [0.5, 0.6) is 0 Å². The normalized spacial score (nSPS) is 11.2. The van der Waals surface area contributed by atoms with Gasteiger partial charge in [0.25, 0.3) is 5.91 Å². The maximum absolute atomic E-state index is 13.1. The zero-order chi connectivity index (χ0) is 20.8. The van der Waals surface area contributed by atoms with Crippen LogP contribution in [0.4, 0.5) is 5.13 Å². The summed E-state index contributed by atoms with van der Waals surface area (Å²) in [6.07, 6.45) is 3.36. The Morgan fingerprint density at radius 1 is 1.10 bits per heavy atom. The summed E-state index contributed by atoms with van der Waals surface area (Å²) in [7, 11) is 0. The van der Waals surface area contributed by atoms with Crippen LogP contribution in [0, 0.1) is 6.92 Å². The molecule has 1 aromatic heterocycles. The highest BCUT2D eigenvalue weighted by Crippen LogP contribution is 2.31. The SMILES string of the molecule is CCN(CC)CCN(C(=O)C=Cc1ccccc1Cl)c1nc2c(C)cccc2s1.Cl. The predicted molar refractivity (Wildman–Crippen MR) is 132 cm³/mol. The van der Waals surface area contributed by atoms with Crippen molar-refractivity contribution in [3.63, 3.8) is 0 Å². The van der Waals surface area contributed by atoms with E-state index < -0.39 is 0 Å². The lowest BCUT2D eigenvalue weighted by atomic mass is 10.2. The molecule has 0 saturated heterocycles. The zero-order valence-electron chi connectivity index (χ0n) is 17.5. The summed E-state index contributed by atoms with van der Waals surface area (Å²) < 4.78 is 1.09. The molecule has 0 bridgehead atoms. The van der Waals surface area contributed by atoms with Gasteiger partial charge in [-0.3, -0.25) is 9.69 Å². The van der Waals surface area contributed by atoms with Gasteiger partial charge in [-0.25, -0.2) is 4.98 Å². The van der Waals surface area contributed by atoms with E-state index in [9.17, 15) is 4.79 Å². The molecule has 0 aliphatic heterocycles. The number of thiazole rings is 1. The Hall–Kier alpha value is -1.92. The second-order valence-corrected chi connectivity index (χ2v) is 8.21. The number of amides is 1. The van der Waals surface area contributed by atoms with Crippen LogP contribution in [0.2, 0.25) is 5.02 Å². The number of fused-ring (bicyclic) bond motifs is 1. The average molecular weight is 464 g/mol. The number of benzene rings is 2. The largest absolute Gasteiger partial charge is 0.302 e. The number of nitrogens with zero attached hydrogens (tertiary/aromatic N) is 3. The molecule has 3 rings (SSSR count). The lowest BCUT2D eigenvalue weighted by Gasteiger charge is -2.23. The number of aromatic nitrogens is 1. The Morgan fingerprint density at radius 2 is 1.83 bits per heavy atom. The molecule has 1 heterocycles. The van der Waals surface area contributed by atoms with Crippen molar-refractivity contribution >= 4 is 62.7 Å². The first-order valence-corrected chi connectivity index (χ1v) is 11.1. The van der Waals surface area contributed by atoms with Gasteiger partial charge >= 0.3 is 0 Å². The van der Waals surface area contributed by atoms with Crippen molar-refractivity contribution in [2.75, 3.05) is 31.1 Å². The molecule has 4 nitrogen and oxygen atoms in total. The summed E-state index contributed by atoms with van der Waals surface area (Å²) in [4.78, 5) is 22.0. The first-order chi connectivity index (χ1) is 14.0. The molecule has 0 spiro atoms. The molecule has 0 aliphatic carbocycles. The van der Waals surface area contributed by atoms with E-state index >= 15 is 0 Å². The average Bonchev–Trinajstić information content (AvgIpc) is 3.16. The van der Waals surface area contributed by atoms with Gasteiger partial charge in [-0.15, -0.1) is 12.4 Å². The molecule has 0 unspecified atom stereocenters. The second kappa shape index (κ2) is 11.5. The van der Waals surface area contributed by atoms with Crippen LogP contribution < -0.4 is 4.90 Å². The quantitative estimate of drug-likeness (QED) is 0.380. The summed E-state index contributed by atoms with van der Waals surface area (Å²) in [6, 6.07) is 13.6. The molecule has 0 fully saturated rings. The Bertz CT molecular complexity index is 1010. The number of rotatable bonds is 8. The topological polar surface area (TPSA) is 36.4 Å². The monoisotopic (exact) mass is 463 g/mol. The third-order valence-corrected chi connectivity index (χ3v) is 6.34. The number of likely N-dealkylation sites (N-methyl/N-ethyl adjacent to an activating group) is 1. The van der Waals surface area contributed by atoms with Crippen LogP contribution in [-0.2, 0) is 4.79 Å². The van der Waals surface area contributed by atoms with Crippen LogP contribution in [0.15, 0.2) is 48.5 Å². The van der Waals surface area contributed by atoms with Crippen LogP contribution >= 0.6 is 35.3 Å². The number of aryl methyl sites for hydroxylation is 1. The van der Waals surface area contributed by atoms with Crippen molar-refractivity contribution in [2.24, 2.45) is 0 Å². The lowest BCUT2D eigenvalue weighted by Crippen LogP contribution is -2.38. The van der Waals surface area contributed by atoms with Crippen molar-refractivity contribution in [2.45, 2.75) is 20.8 Å². The van der Waals surface area contributed by atoms with E-state index in [1.54, 1.807) is 28.4 Å². The van der Waals surface area contributed by atoms with Gasteiger partial charge in [0.1, 0.15) is 0 Å². The highest BCUT2D eigenvalue weighted by molar-refractivity contribution is 7.22. The maximum atomic E-state index is 13.1. The number of carbonyl (C=O) groups excluding carboxylic acids is 1. The minimum Gasteiger partial charge on any atom is -0.302 e. The molecule has 30 heavy (non-hydrogen) atoms. The molecule has 0 aliphatic rings. The van der Waals surface area contributed by atoms with Gasteiger partial charge < -0.3 is 4.90 Å². The molecule has 160 valence electrons. The van der Waals surface area contributed by atoms with E-state index in [0.717, 1.165) is 46.1 Å². The van der Waals surface area contributed by atoms with Gasteiger partial charge in [0.05, 0.1) is 10.2 Å². The molecule has 3 aromatic rings. The van der Waals surface area contributed by atoms with Gasteiger partial charge in [0.2, 0.25) is 0 Å². The molecule has 7 heteroatoms. The minimum atomic E-state index is -0.0891. The molecule has 0 saturated carbocycles. The van der Waals surface area contributed by atoms with E-state index in [-0.39, 0.29) is 18.3 Å². The van der Waals surface area contributed by atoms with Crippen LogP contribution in [0.3, 0.4) is 0 Å². The van der Waals surface area contributed by atoms with Crippen molar-refractivity contribution in [3.05, 3.63) is 64.7 Å². The van der Waals surface area contributed by atoms with Crippen molar-refractivity contribution < 1.29 is 4.79 Å². The fourth-order valence-corrected chi connectivity index (χ4v) is 4.41. The summed E-state index contributed by atoms with van der Waals surface area (Å²) in [5, 5.41) is 1.36. The Balaban J connectivity index is 0.00000320. The van der Waals surface area contributed by atoms with E-state index in [4.69, 9.17) is 16.6 Å². The number of hydrogen-bond donors (Lipinski definition) is 0. The summed E-state index contributed by atoms with van der Waals surface area (Å²) in [6.45, 7) is 9.60. The van der Waals surface area contributed by atoms with E-state index in [0.29, 0.717) is 11.6 Å². The van der Waals surface area contributed by atoms with E-state index in [1.807, 2.05) is 43.3 Å². The molecule has 1 amide bonds. The van der Waals surface area contributed by atoms with Gasteiger partial charge in [-0.05, 0) is 49.3 Å². The van der Waals surface area contributed by atoms with Crippen molar-refractivity contribution in [1.82, 2.24) is 9.88 Å². The number of halogens is 2. The van der Waals surface area contributed by atoms with Gasteiger partial charge in [-0.1, -0.05) is 67.1 Å². The first kappa shape index (κ1) is 24.4. The van der Waals surface area contributed by atoms with Crippen LogP contribution in [-0.4, -0.2) is 42.0 Å². The fraction of sp³-hybridized carbons (Fsp3) is 0.304. The van der Waals surface area contributed by atoms with E-state index in [2.05, 4.69) is 24.8 Å². The summed E-state index contributed by atoms with van der Waals surface area (Å²) in [5.74, 6) is -0.0891. The number of carbonyl (C=O) groups is 1. The highest BCUT2D eigenvalue weighted by atomic mass is 35.5. The minimum absolute atomic E-state index is 0. The fourth-order valence-electron chi connectivity index (χ4n) is 3.13. The first-order valence-electron chi connectivity index (χ1n) is 9.86. The van der Waals surface area contributed by atoms with Crippen LogP contribution in [0.1, 0.15) is 25.0 Å². The third-order valence-electron chi connectivity index (χ3n) is 4.95. The van der Waals surface area contributed by atoms with Crippen molar-refractivity contribution in [3.8, 4) is 0 Å². The zero-order valence-corrected chi connectivity index (χ0v) is 19.9. The van der Waals surface area contributed by atoms with Crippen LogP contribution in [0.25, 0.3) is 16.3 Å². The van der Waals surface area contributed by atoms with Gasteiger partial charge in [0.15, 0.2) is 5.13 Å². The number of para-hydroxylation sites is 1. The Labute approximate surface area is 193 Å².